The average Bonchev–Trinajstić information content (AvgIpc) is 1.98. The Bertz CT molecular complexity index is 250. The van der Waals surface area contributed by atoms with Gasteiger partial charge in [0, 0.05) is 4.90 Å². The molecule has 1 aromatic carbocycles. The van der Waals surface area contributed by atoms with Crippen LogP contribution in [0.3, 0.4) is 0 Å². The van der Waals surface area contributed by atoms with Crippen LogP contribution in [0.1, 0.15) is 6.92 Å². The highest BCUT2D eigenvalue weighted by Crippen LogP contribution is 2.26. The minimum absolute atomic E-state index is 0.379. The number of hydrogen-bond acceptors (Lipinski definition) is 2. The molecule has 60 valence electrons. The molecular formula is C8H9IOS. The van der Waals surface area contributed by atoms with Crippen LogP contribution in [0.2, 0.25) is 0 Å². The number of thioether (sulfide) groups is 1. The topological polar surface area (TPSA) is 20.2 Å². The first-order chi connectivity index (χ1) is 5.24. The van der Waals surface area contributed by atoms with Crippen molar-refractivity contribution < 1.29 is 5.11 Å². The van der Waals surface area contributed by atoms with Crippen LogP contribution >= 0.6 is 34.4 Å². The lowest BCUT2D eigenvalue weighted by Crippen LogP contribution is -1.76. The van der Waals surface area contributed by atoms with Gasteiger partial charge in [0.05, 0.1) is 3.57 Å². The maximum Gasteiger partial charge on any atom is 0.130 e. The van der Waals surface area contributed by atoms with Gasteiger partial charge in [0.2, 0.25) is 0 Å². The molecule has 1 rings (SSSR count). The Morgan fingerprint density at radius 2 is 2.27 bits per heavy atom. The van der Waals surface area contributed by atoms with E-state index in [2.05, 4.69) is 29.5 Å². The number of benzene rings is 1. The monoisotopic (exact) mass is 280 g/mol. The highest BCUT2D eigenvalue weighted by Gasteiger charge is 1.97. The minimum Gasteiger partial charge on any atom is -0.507 e. The molecule has 0 aromatic heterocycles. The molecule has 0 unspecified atom stereocenters. The molecule has 0 spiro atoms. The predicted octanol–water partition coefficient (Wildman–Crippen LogP) is 3.11. The molecule has 1 aromatic rings. The fourth-order valence-corrected chi connectivity index (χ4v) is 1.78. The van der Waals surface area contributed by atoms with E-state index < -0.39 is 0 Å². The van der Waals surface area contributed by atoms with Gasteiger partial charge in [-0.1, -0.05) is 6.92 Å². The van der Waals surface area contributed by atoms with E-state index in [0.29, 0.717) is 5.75 Å². The largest absolute Gasteiger partial charge is 0.507 e. The zero-order chi connectivity index (χ0) is 8.27. The lowest BCUT2D eigenvalue weighted by Gasteiger charge is -2.00. The van der Waals surface area contributed by atoms with Crippen molar-refractivity contribution in [3.63, 3.8) is 0 Å². The summed E-state index contributed by atoms with van der Waals surface area (Å²) in [5.74, 6) is 1.42. The average molecular weight is 280 g/mol. The van der Waals surface area contributed by atoms with Crippen molar-refractivity contribution in [3.8, 4) is 5.75 Å². The molecule has 0 fully saturated rings. The molecule has 11 heavy (non-hydrogen) atoms. The second-order valence-electron chi connectivity index (χ2n) is 2.05. The summed E-state index contributed by atoms with van der Waals surface area (Å²) < 4.78 is 0.906. The Morgan fingerprint density at radius 3 is 2.82 bits per heavy atom. The molecule has 0 atom stereocenters. The van der Waals surface area contributed by atoms with Crippen molar-refractivity contribution in [2.75, 3.05) is 5.75 Å². The fourth-order valence-electron chi connectivity index (χ4n) is 0.749. The first-order valence-electron chi connectivity index (χ1n) is 3.35. The molecule has 0 saturated carbocycles. The van der Waals surface area contributed by atoms with E-state index in [0.717, 1.165) is 14.2 Å². The number of hydrogen-bond donors (Lipinski definition) is 1. The van der Waals surface area contributed by atoms with Gasteiger partial charge < -0.3 is 5.11 Å². The summed E-state index contributed by atoms with van der Waals surface area (Å²) in [6, 6.07) is 5.75. The third-order valence-corrected chi connectivity index (χ3v) is 3.02. The molecule has 0 aliphatic rings. The van der Waals surface area contributed by atoms with Gasteiger partial charge in [-0.3, -0.25) is 0 Å². The van der Waals surface area contributed by atoms with Gasteiger partial charge >= 0.3 is 0 Å². The second kappa shape index (κ2) is 4.21. The van der Waals surface area contributed by atoms with E-state index in [1.165, 1.54) is 0 Å². The molecule has 0 saturated heterocycles. The summed E-state index contributed by atoms with van der Waals surface area (Å²) in [6.45, 7) is 2.10. The Balaban J connectivity index is 2.86. The van der Waals surface area contributed by atoms with E-state index >= 15 is 0 Å². The number of rotatable bonds is 2. The van der Waals surface area contributed by atoms with Gasteiger partial charge in [0.1, 0.15) is 5.75 Å². The van der Waals surface area contributed by atoms with Gasteiger partial charge in [-0.25, -0.2) is 0 Å². The molecule has 0 aliphatic carbocycles. The normalized spacial score (nSPS) is 10.0. The second-order valence-corrected chi connectivity index (χ2v) is 4.55. The van der Waals surface area contributed by atoms with Crippen molar-refractivity contribution in [2.24, 2.45) is 0 Å². The van der Waals surface area contributed by atoms with Crippen LogP contribution in [0.5, 0.6) is 5.75 Å². The first kappa shape index (κ1) is 9.19. The van der Waals surface area contributed by atoms with Crippen molar-refractivity contribution in [1.82, 2.24) is 0 Å². The predicted molar refractivity (Wildman–Crippen MR) is 57.2 cm³/mol. The number of aromatic hydroxyl groups is 1. The van der Waals surface area contributed by atoms with Crippen molar-refractivity contribution in [3.05, 3.63) is 21.8 Å². The zero-order valence-corrected chi connectivity index (χ0v) is 9.15. The molecule has 1 nitrogen and oxygen atoms in total. The van der Waals surface area contributed by atoms with Crippen LogP contribution in [0.25, 0.3) is 0 Å². The Morgan fingerprint density at radius 1 is 1.55 bits per heavy atom. The van der Waals surface area contributed by atoms with Crippen LogP contribution in [0, 0.1) is 3.57 Å². The van der Waals surface area contributed by atoms with Crippen LogP contribution in [-0.4, -0.2) is 10.9 Å². The fraction of sp³-hybridized carbons (Fsp3) is 0.250. The van der Waals surface area contributed by atoms with E-state index in [9.17, 15) is 5.11 Å². The molecule has 3 heteroatoms. The van der Waals surface area contributed by atoms with Crippen molar-refractivity contribution in [2.45, 2.75) is 11.8 Å². The van der Waals surface area contributed by atoms with Gasteiger partial charge in [-0.15, -0.1) is 11.8 Å². The third-order valence-electron chi connectivity index (χ3n) is 1.23. The maximum absolute atomic E-state index is 9.31. The minimum atomic E-state index is 0.379. The molecule has 0 heterocycles. The highest BCUT2D eigenvalue weighted by atomic mass is 127. The van der Waals surface area contributed by atoms with Crippen molar-refractivity contribution in [1.29, 1.82) is 0 Å². The molecule has 1 N–H and O–H groups in total. The number of phenols is 1. The smallest absolute Gasteiger partial charge is 0.130 e. The Labute approximate surface area is 84.3 Å². The Kier molecular flexibility index (Phi) is 3.51. The molecule has 0 aliphatic heterocycles. The van der Waals surface area contributed by atoms with Gasteiger partial charge in [-0.05, 0) is 46.5 Å². The summed E-state index contributed by atoms with van der Waals surface area (Å²) in [5.41, 5.74) is 0. The molecule has 0 radical (unpaired) electrons. The number of phenolic OH excluding ortho intramolecular Hbond substituents is 1. The Hall–Kier alpha value is 0.1000. The quantitative estimate of drug-likeness (QED) is 0.663. The van der Waals surface area contributed by atoms with Crippen LogP contribution < -0.4 is 0 Å². The standard InChI is InChI=1S/C8H9IOS/c1-2-11-6-3-4-7(9)8(10)5-6/h3-5,10H,2H2,1H3. The van der Waals surface area contributed by atoms with Gasteiger partial charge in [0.15, 0.2) is 0 Å². The highest BCUT2D eigenvalue weighted by molar-refractivity contribution is 14.1. The van der Waals surface area contributed by atoms with Gasteiger partial charge in [-0.2, -0.15) is 0 Å². The third kappa shape index (κ3) is 2.56. The summed E-state index contributed by atoms with van der Waals surface area (Å²) >= 11 is 3.84. The van der Waals surface area contributed by atoms with Crippen LogP contribution in [0.4, 0.5) is 0 Å². The van der Waals surface area contributed by atoms with Crippen LogP contribution in [-0.2, 0) is 0 Å². The van der Waals surface area contributed by atoms with Gasteiger partial charge in [0.25, 0.3) is 0 Å². The summed E-state index contributed by atoms with van der Waals surface area (Å²) in [7, 11) is 0. The SMILES string of the molecule is CCSc1ccc(I)c(O)c1. The molecular weight excluding hydrogens is 271 g/mol. The van der Waals surface area contributed by atoms with E-state index in [4.69, 9.17) is 0 Å². The lowest BCUT2D eigenvalue weighted by atomic mass is 10.3. The van der Waals surface area contributed by atoms with Crippen molar-refractivity contribution >= 4 is 34.4 Å². The summed E-state index contributed by atoms with van der Waals surface area (Å²) in [4.78, 5) is 1.13. The lowest BCUT2D eigenvalue weighted by molar-refractivity contribution is 0.470. The summed E-state index contributed by atoms with van der Waals surface area (Å²) in [5, 5.41) is 9.31. The van der Waals surface area contributed by atoms with Crippen LogP contribution in [0.15, 0.2) is 23.1 Å². The maximum atomic E-state index is 9.31. The zero-order valence-electron chi connectivity index (χ0n) is 6.17. The molecule has 0 amide bonds. The summed E-state index contributed by atoms with van der Waals surface area (Å²) in [6.07, 6.45) is 0. The first-order valence-corrected chi connectivity index (χ1v) is 5.41. The number of halogens is 1. The van der Waals surface area contributed by atoms with E-state index in [1.807, 2.05) is 12.1 Å². The van der Waals surface area contributed by atoms with E-state index in [1.54, 1.807) is 17.8 Å². The molecule has 0 bridgehead atoms. The van der Waals surface area contributed by atoms with E-state index in [-0.39, 0.29) is 0 Å².